The van der Waals surface area contributed by atoms with Gasteiger partial charge in [-0.15, -0.1) is 11.3 Å². The van der Waals surface area contributed by atoms with Crippen LogP contribution in [-0.2, 0) is 11.2 Å². The summed E-state index contributed by atoms with van der Waals surface area (Å²) in [6.45, 7) is 3.49. The third-order valence-electron chi connectivity index (χ3n) is 4.38. The Labute approximate surface area is 171 Å². The van der Waals surface area contributed by atoms with E-state index in [1.807, 2.05) is 17.5 Å². The minimum atomic E-state index is -0.216. The predicted octanol–water partition coefficient (Wildman–Crippen LogP) is 3.10. The number of nitrogens with one attached hydrogen (secondary N) is 2. The number of carbonyl (C=O) groups excluding carboxylic acids is 1. The molecule has 1 amide bonds. The fourth-order valence-corrected chi connectivity index (χ4v) is 3.66. The molecular formula is C20H22N4O4S. The van der Waals surface area contributed by atoms with Crippen LogP contribution in [0.1, 0.15) is 23.5 Å². The number of hydrogen-bond acceptors (Lipinski definition) is 7. The number of aromatic amines is 1. The number of hydrogen-bond donors (Lipinski definition) is 2. The first kappa shape index (κ1) is 20.5. The maximum absolute atomic E-state index is 12.3. The maximum Gasteiger partial charge on any atom is 0.254 e. The molecular weight excluding hydrogens is 392 g/mol. The van der Waals surface area contributed by atoms with Crippen LogP contribution in [0, 0.1) is 13.8 Å². The molecule has 9 heteroatoms. The largest absolute Gasteiger partial charge is 0.497 e. The van der Waals surface area contributed by atoms with E-state index in [-0.39, 0.29) is 17.9 Å². The molecule has 8 nitrogen and oxygen atoms in total. The van der Waals surface area contributed by atoms with Crippen LogP contribution in [0.5, 0.6) is 11.5 Å². The zero-order valence-corrected chi connectivity index (χ0v) is 17.5. The number of benzene rings is 1. The van der Waals surface area contributed by atoms with Crippen LogP contribution in [0.25, 0.3) is 11.3 Å². The number of nitrogens with zero attached hydrogens (tertiary/aromatic N) is 2. The summed E-state index contributed by atoms with van der Waals surface area (Å²) in [5.41, 5.74) is 2.46. The molecule has 2 aromatic heterocycles. The fourth-order valence-electron chi connectivity index (χ4n) is 2.93. The molecule has 0 aliphatic carbocycles. The lowest BCUT2D eigenvalue weighted by Gasteiger charge is -2.08. The first-order chi connectivity index (χ1) is 13.9. The number of aromatic nitrogens is 3. The van der Waals surface area contributed by atoms with E-state index in [1.54, 1.807) is 34.1 Å². The fraction of sp³-hybridized carbons (Fsp3) is 0.300. The summed E-state index contributed by atoms with van der Waals surface area (Å²) in [5.74, 6) is 1.66. The molecule has 2 heterocycles. The summed E-state index contributed by atoms with van der Waals surface area (Å²) < 4.78 is 10.6. The average Bonchev–Trinajstić information content (AvgIpc) is 3.14. The standard InChI is InChI=1S/C20H22N4O4S/c1-11-14(19(26)22-12(2)21-11)7-8-18(25)24-20-23-16(10-29-20)15-6-5-13(27-3)9-17(15)28-4/h5-6,9-10H,7-8H2,1-4H3,(H,21,22,26)(H,23,24,25). The molecule has 3 aromatic rings. The van der Waals surface area contributed by atoms with Gasteiger partial charge in [0.25, 0.3) is 5.56 Å². The number of methoxy groups -OCH3 is 2. The van der Waals surface area contributed by atoms with Gasteiger partial charge >= 0.3 is 0 Å². The second-order valence-electron chi connectivity index (χ2n) is 6.37. The number of aryl methyl sites for hydroxylation is 2. The van der Waals surface area contributed by atoms with Gasteiger partial charge in [0.2, 0.25) is 5.91 Å². The van der Waals surface area contributed by atoms with Crippen molar-refractivity contribution in [3.8, 4) is 22.8 Å². The molecule has 0 spiro atoms. The number of anilines is 1. The number of thiazole rings is 1. The van der Waals surface area contributed by atoms with Crippen molar-refractivity contribution in [3.63, 3.8) is 0 Å². The van der Waals surface area contributed by atoms with Gasteiger partial charge in [-0.2, -0.15) is 0 Å². The van der Waals surface area contributed by atoms with Crippen LogP contribution in [0.3, 0.4) is 0 Å². The van der Waals surface area contributed by atoms with Crippen molar-refractivity contribution in [1.82, 2.24) is 15.0 Å². The molecule has 0 atom stereocenters. The average molecular weight is 414 g/mol. The predicted molar refractivity (Wildman–Crippen MR) is 112 cm³/mol. The van der Waals surface area contributed by atoms with Gasteiger partial charge in [0, 0.05) is 34.7 Å². The Morgan fingerprint density at radius 3 is 2.69 bits per heavy atom. The molecule has 3 rings (SSSR count). The molecule has 0 radical (unpaired) electrons. The van der Waals surface area contributed by atoms with Gasteiger partial charge in [-0.05, 0) is 32.4 Å². The zero-order chi connectivity index (χ0) is 21.0. The Morgan fingerprint density at radius 2 is 2.00 bits per heavy atom. The smallest absolute Gasteiger partial charge is 0.254 e. The van der Waals surface area contributed by atoms with E-state index >= 15 is 0 Å². The second-order valence-corrected chi connectivity index (χ2v) is 7.23. The van der Waals surface area contributed by atoms with E-state index in [1.165, 1.54) is 11.3 Å². The molecule has 0 unspecified atom stereocenters. The first-order valence-corrected chi connectivity index (χ1v) is 9.83. The summed E-state index contributed by atoms with van der Waals surface area (Å²) in [6.07, 6.45) is 0.472. The second kappa shape index (κ2) is 8.87. The molecule has 0 saturated heterocycles. The van der Waals surface area contributed by atoms with E-state index in [9.17, 15) is 9.59 Å². The van der Waals surface area contributed by atoms with Gasteiger partial charge in [-0.3, -0.25) is 9.59 Å². The highest BCUT2D eigenvalue weighted by Crippen LogP contribution is 2.34. The molecule has 1 aromatic carbocycles. The van der Waals surface area contributed by atoms with Crippen LogP contribution in [-0.4, -0.2) is 35.1 Å². The van der Waals surface area contributed by atoms with Crippen molar-refractivity contribution in [1.29, 1.82) is 0 Å². The molecule has 0 bridgehead atoms. The maximum atomic E-state index is 12.3. The van der Waals surface area contributed by atoms with Crippen LogP contribution in [0.2, 0.25) is 0 Å². The number of ether oxygens (including phenoxy) is 2. The third kappa shape index (κ3) is 4.80. The summed E-state index contributed by atoms with van der Waals surface area (Å²) in [7, 11) is 3.17. The van der Waals surface area contributed by atoms with Gasteiger partial charge < -0.3 is 19.8 Å². The number of carbonyl (C=O) groups is 1. The van der Waals surface area contributed by atoms with Crippen molar-refractivity contribution >= 4 is 22.4 Å². The van der Waals surface area contributed by atoms with E-state index in [0.717, 1.165) is 5.56 Å². The van der Waals surface area contributed by atoms with Gasteiger partial charge in [-0.1, -0.05) is 0 Å². The SMILES string of the molecule is COc1ccc(-c2csc(NC(=O)CCc3c(C)nc(C)[nH]c3=O)n2)c(OC)c1. The number of amides is 1. The highest BCUT2D eigenvalue weighted by Gasteiger charge is 2.14. The molecule has 0 aliphatic heterocycles. The lowest BCUT2D eigenvalue weighted by molar-refractivity contribution is -0.116. The molecule has 29 heavy (non-hydrogen) atoms. The minimum Gasteiger partial charge on any atom is -0.497 e. The zero-order valence-electron chi connectivity index (χ0n) is 16.7. The quantitative estimate of drug-likeness (QED) is 0.615. The van der Waals surface area contributed by atoms with Gasteiger partial charge in [0.15, 0.2) is 5.13 Å². The summed E-state index contributed by atoms with van der Waals surface area (Å²) in [5, 5.41) is 5.11. The van der Waals surface area contributed by atoms with Crippen molar-refractivity contribution in [2.75, 3.05) is 19.5 Å². The Bertz CT molecular complexity index is 1090. The van der Waals surface area contributed by atoms with E-state index < -0.39 is 0 Å². The summed E-state index contributed by atoms with van der Waals surface area (Å²) in [4.78, 5) is 35.7. The van der Waals surface area contributed by atoms with Crippen molar-refractivity contribution in [3.05, 3.63) is 51.0 Å². The molecule has 0 saturated carbocycles. The Hall–Kier alpha value is -3.20. The Morgan fingerprint density at radius 1 is 1.21 bits per heavy atom. The van der Waals surface area contributed by atoms with E-state index in [0.29, 0.717) is 45.8 Å². The lowest BCUT2D eigenvalue weighted by Crippen LogP contribution is -2.20. The van der Waals surface area contributed by atoms with Gasteiger partial charge in [0.05, 0.1) is 19.9 Å². The normalized spacial score (nSPS) is 10.6. The van der Waals surface area contributed by atoms with Crippen LogP contribution < -0.4 is 20.3 Å². The molecule has 0 fully saturated rings. The van der Waals surface area contributed by atoms with E-state index in [2.05, 4.69) is 20.3 Å². The molecule has 0 aliphatic rings. The monoisotopic (exact) mass is 414 g/mol. The van der Waals surface area contributed by atoms with Crippen LogP contribution in [0.4, 0.5) is 5.13 Å². The first-order valence-electron chi connectivity index (χ1n) is 8.95. The van der Waals surface area contributed by atoms with Gasteiger partial charge in [-0.25, -0.2) is 9.97 Å². The van der Waals surface area contributed by atoms with Crippen LogP contribution >= 0.6 is 11.3 Å². The molecule has 2 N–H and O–H groups in total. The van der Waals surface area contributed by atoms with Gasteiger partial charge in [0.1, 0.15) is 17.3 Å². The van der Waals surface area contributed by atoms with Crippen LogP contribution in [0.15, 0.2) is 28.4 Å². The topological polar surface area (TPSA) is 106 Å². The lowest BCUT2D eigenvalue weighted by atomic mass is 10.1. The van der Waals surface area contributed by atoms with E-state index in [4.69, 9.17) is 9.47 Å². The minimum absolute atomic E-state index is 0.162. The molecule has 152 valence electrons. The summed E-state index contributed by atoms with van der Waals surface area (Å²) in [6, 6.07) is 5.46. The Balaban J connectivity index is 1.68. The van der Waals surface area contributed by atoms with Crippen molar-refractivity contribution < 1.29 is 14.3 Å². The Kier molecular flexibility index (Phi) is 6.28. The highest BCUT2D eigenvalue weighted by molar-refractivity contribution is 7.14. The number of H-pyrrole nitrogens is 1. The highest BCUT2D eigenvalue weighted by atomic mass is 32.1. The van der Waals surface area contributed by atoms with Crippen molar-refractivity contribution in [2.24, 2.45) is 0 Å². The third-order valence-corrected chi connectivity index (χ3v) is 5.14. The van der Waals surface area contributed by atoms with Crippen molar-refractivity contribution in [2.45, 2.75) is 26.7 Å². The summed E-state index contributed by atoms with van der Waals surface area (Å²) >= 11 is 1.32. The number of rotatable bonds is 7.